The van der Waals surface area contributed by atoms with E-state index in [1.54, 1.807) is 6.20 Å². The van der Waals surface area contributed by atoms with E-state index in [-0.39, 0.29) is 6.42 Å². The molecule has 3 rings (SSSR count). The van der Waals surface area contributed by atoms with Crippen LogP contribution in [0, 0.1) is 0 Å². The molecule has 0 amide bonds. The zero-order valence-electron chi connectivity index (χ0n) is 16.7. The summed E-state index contributed by atoms with van der Waals surface area (Å²) >= 11 is 0. The summed E-state index contributed by atoms with van der Waals surface area (Å²) in [5.74, 6) is 0.535. The lowest BCUT2D eigenvalue weighted by Crippen LogP contribution is -2.25. The molecule has 0 bridgehead atoms. The molecular formula is C22H31N3O3. The van der Waals surface area contributed by atoms with Gasteiger partial charge in [0, 0.05) is 43.6 Å². The summed E-state index contributed by atoms with van der Waals surface area (Å²) in [6.45, 7) is 5.26. The van der Waals surface area contributed by atoms with Gasteiger partial charge in [0.15, 0.2) is 0 Å². The lowest BCUT2D eigenvalue weighted by Gasteiger charge is -2.19. The minimum atomic E-state index is -0.754. The number of nitrogens with zero attached hydrogens (tertiary/aromatic N) is 3. The summed E-state index contributed by atoms with van der Waals surface area (Å²) in [6, 6.07) is 6.27. The van der Waals surface area contributed by atoms with Crippen LogP contribution in [-0.4, -0.2) is 40.3 Å². The summed E-state index contributed by atoms with van der Waals surface area (Å²) in [5.41, 5.74) is 2.42. The highest BCUT2D eigenvalue weighted by molar-refractivity contribution is 5.69. The molecule has 0 aliphatic carbocycles. The maximum absolute atomic E-state index is 11.0. The number of carboxylic acids is 1. The topological polar surface area (TPSA) is 67.6 Å². The number of ether oxygens (including phenoxy) is 1. The smallest absolute Gasteiger partial charge is 0.305 e. The maximum Gasteiger partial charge on any atom is 0.305 e. The van der Waals surface area contributed by atoms with Gasteiger partial charge in [-0.25, -0.2) is 4.98 Å². The number of aromatic nitrogens is 2. The fraction of sp³-hybridized carbons (Fsp3) is 0.545. The number of rotatable bonds is 12. The SMILES string of the molecule is CCCCCCOc1ccc2c(c1)C(CCn1ccnc1)CN2CCC(=O)O. The van der Waals surface area contributed by atoms with Gasteiger partial charge in [0.25, 0.3) is 0 Å². The third kappa shape index (κ3) is 5.50. The number of imidazole rings is 1. The van der Waals surface area contributed by atoms with Crippen molar-refractivity contribution in [2.24, 2.45) is 0 Å². The van der Waals surface area contributed by atoms with Gasteiger partial charge in [0.2, 0.25) is 0 Å². The summed E-state index contributed by atoms with van der Waals surface area (Å²) in [7, 11) is 0. The van der Waals surface area contributed by atoms with Crippen LogP contribution in [0.15, 0.2) is 36.9 Å². The van der Waals surface area contributed by atoms with Gasteiger partial charge in [-0.3, -0.25) is 4.79 Å². The van der Waals surface area contributed by atoms with Crippen LogP contribution in [0.2, 0.25) is 0 Å². The first-order valence-electron chi connectivity index (χ1n) is 10.4. The maximum atomic E-state index is 11.0. The number of unbranched alkanes of at least 4 members (excludes halogenated alkanes) is 3. The Morgan fingerprint density at radius 1 is 1.29 bits per heavy atom. The Morgan fingerprint density at radius 2 is 2.18 bits per heavy atom. The minimum Gasteiger partial charge on any atom is -0.494 e. The number of hydrogen-bond donors (Lipinski definition) is 1. The van der Waals surface area contributed by atoms with E-state index in [2.05, 4.69) is 33.5 Å². The van der Waals surface area contributed by atoms with Crippen LogP contribution in [0.25, 0.3) is 0 Å². The molecule has 1 aliphatic rings. The lowest BCUT2D eigenvalue weighted by molar-refractivity contribution is -0.136. The van der Waals surface area contributed by atoms with Crippen LogP contribution < -0.4 is 9.64 Å². The number of aliphatic carboxylic acids is 1. The summed E-state index contributed by atoms with van der Waals surface area (Å²) in [6.07, 6.45) is 11.5. The molecule has 6 nitrogen and oxygen atoms in total. The molecule has 1 aromatic heterocycles. The Balaban J connectivity index is 1.66. The fourth-order valence-electron chi connectivity index (χ4n) is 3.83. The Bertz CT molecular complexity index is 745. The van der Waals surface area contributed by atoms with Crippen molar-refractivity contribution < 1.29 is 14.6 Å². The third-order valence-electron chi connectivity index (χ3n) is 5.38. The van der Waals surface area contributed by atoms with E-state index in [1.165, 1.54) is 24.8 Å². The highest BCUT2D eigenvalue weighted by atomic mass is 16.5. The van der Waals surface area contributed by atoms with Crippen molar-refractivity contribution >= 4 is 11.7 Å². The summed E-state index contributed by atoms with van der Waals surface area (Å²) in [4.78, 5) is 17.3. The highest BCUT2D eigenvalue weighted by Gasteiger charge is 2.29. The van der Waals surface area contributed by atoms with Gasteiger partial charge in [-0.15, -0.1) is 0 Å². The standard InChI is InChI=1S/C22H31N3O3/c1-2-3-4-5-14-28-19-6-7-21-20(15-19)18(8-11-24-13-10-23-17-24)16-25(21)12-9-22(26)27/h6-7,10,13,15,17-18H,2-5,8-9,11-12,14,16H2,1H3,(H,26,27). The number of aryl methyl sites for hydroxylation is 1. The number of carbonyl (C=O) groups is 1. The molecule has 2 heterocycles. The predicted molar refractivity (Wildman–Crippen MR) is 110 cm³/mol. The summed E-state index contributed by atoms with van der Waals surface area (Å²) < 4.78 is 8.07. The molecule has 152 valence electrons. The van der Waals surface area contributed by atoms with Crippen LogP contribution >= 0.6 is 0 Å². The summed E-state index contributed by atoms with van der Waals surface area (Å²) in [5, 5.41) is 9.06. The second kappa shape index (κ2) is 10.2. The van der Waals surface area contributed by atoms with Crippen molar-refractivity contribution in [3.05, 3.63) is 42.5 Å². The minimum absolute atomic E-state index is 0.156. The van der Waals surface area contributed by atoms with Crippen LogP contribution in [0.3, 0.4) is 0 Å². The molecule has 28 heavy (non-hydrogen) atoms. The highest BCUT2D eigenvalue weighted by Crippen LogP contribution is 2.40. The van der Waals surface area contributed by atoms with E-state index in [1.807, 2.05) is 18.6 Å². The molecule has 1 atom stereocenters. The van der Waals surface area contributed by atoms with E-state index in [9.17, 15) is 4.79 Å². The number of hydrogen-bond acceptors (Lipinski definition) is 4. The molecule has 0 saturated carbocycles. The monoisotopic (exact) mass is 385 g/mol. The quantitative estimate of drug-likeness (QED) is 0.552. The van der Waals surface area contributed by atoms with Crippen molar-refractivity contribution in [1.29, 1.82) is 0 Å². The van der Waals surface area contributed by atoms with Crippen molar-refractivity contribution in [1.82, 2.24) is 9.55 Å². The first-order valence-corrected chi connectivity index (χ1v) is 10.4. The molecule has 0 spiro atoms. The molecule has 1 unspecified atom stereocenters. The van der Waals surface area contributed by atoms with Crippen LogP contribution in [0.5, 0.6) is 5.75 Å². The Morgan fingerprint density at radius 3 is 2.93 bits per heavy atom. The second-order valence-corrected chi connectivity index (χ2v) is 7.51. The van der Waals surface area contributed by atoms with Gasteiger partial charge in [0.1, 0.15) is 5.75 Å². The van der Waals surface area contributed by atoms with Crippen LogP contribution in [0.1, 0.15) is 56.9 Å². The first kappa shape index (κ1) is 20.2. The molecule has 0 fully saturated rings. The van der Waals surface area contributed by atoms with Gasteiger partial charge in [-0.2, -0.15) is 0 Å². The molecule has 2 aromatic rings. The number of benzene rings is 1. The Labute approximate surface area is 167 Å². The lowest BCUT2D eigenvalue weighted by atomic mass is 9.97. The van der Waals surface area contributed by atoms with E-state index in [0.29, 0.717) is 12.5 Å². The normalized spacial score (nSPS) is 15.6. The molecule has 0 saturated heterocycles. The van der Waals surface area contributed by atoms with Gasteiger partial charge < -0.3 is 19.3 Å². The average molecular weight is 386 g/mol. The van der Waals surface area contributed by atoms with Crippen molar-refractivity contribution in [2.45, 2.75) is 57.9 Å². The predicted octanol–water partition coefficient (Wildman–Crippen LogP) is 4.31. The second-order valence-electron chi connectivity index (χ2n) is 7.51. The molecule has 6 heteroatoms. The first-order chi connectivity index (χ1) is 13.7. The number of anilines is 1. The number of fused-ring (bicyclic) bond motifs is 1. The Hall–Kier alpha value is -2.50. The Kier molecular flexibility index (Phi) is 7.34. The van der Waals surface area contributed by atoms with Crippen molar-refractivity contribution in [2.75, 3.05) is 24.6 Å². The van der Waals surface area contributed by atoms with Crippen LogP contribution in [-0.2, 0) is 11.3 Å². The van der Waals surface area contributed by atoms with Gasteiger partial charge in [-0.1, -0.05) is 26.2 Å². The zero-order valence-corrected chi connectivity index (χ0v) is 16.7. The van der Waals surface area contributed by atoms with E-state index >= 15 is 0 Å². The number of carboxylic acid groups (broad SMARTS) is 1. The third-order valence-corrected chi connectivity index (χ3v) is 5.38. The van der Waals surface area contributed by atoms with E-state index in [0.717, 1.165) is 44.0 Å². The van der Waals surface area contributed by atoms with Crippen molar-refractivity contribution in [3.63, 3.8) is 0 Å². The fourth-order valence-corrected chi connectivity index (χ4v) is 3.83. The van der Waals surface area contributed by atoms with Gasteiger partial charge in [0.05, 0.1) is 19.4 Å². The molecule has 0 radical (unpaired) electrons. The van der Waals surface area contributed by atoms with Crippen LogP contribution in [0.4, 0.5) is 5.69 Å². The largest absolute Gasteiger partial charge is 0.494 e. The zero-order chi connectivity index (χ0) is 19.8. The molecule has 1 aliphatic heterocycles. The molecular weight excluding hydrogens is 354 g/mol. The van der Waals surface area contributed by atoms with E-state index in [4.69, 9.17) is 9.84 Å². The van der Waals surface area contributed by atoms with Crippen molar-refractivity contribution in [3.8, 4) is 5.75 Å². The molecule has 1 aromatic carbocycles. The van der Waals surface area contributed by atoms with Gasteiger partial charge in [-0.05, 0) is 36.6 Å². The van der Waals surface area contributed by atoms with Gasteiger partial charge >= 0.3 is 5.97 Å². The average Bonchev–Trinajstić information content (AvgIpc) is 3.32. The van der Waals surface area contributed by atoms with E-state index < -0.39 is 5.97 Å². The molecule has 1 N–H and O–H groups in total.